The Kier molecular flexibility index (Phi) is 3.09. The Bertz CT molecular complexity index is 72.6. The minimum Gasteiger partial charge on any atom is -0.336 e. The minimum absolute atomic E-state index is 0.532. The first-order chi connectivity index (χ1) is 3.18. The molecule has 0 amide bonds. The van der Waals surface area contributed by atoms with Crippen LogP contribution in [0.25, 0.3) is 0 Å². The van der Waals surface area contributed by atoms with Crippen molar-refractivity contribution in [1.82, 2.24) is 0 Å². The second kappa shape index (κ2) is 3.08. The molecule has 3 nitrogen and oxygen atoms in total. The van der Waals surface area contributed by atoms with E-state index in [1.165, 1.54) is 7.11 Å². The maximum Gasteiger partial charge on any atom is 0.537 e. The molecular formula is C3H8O3P+. The summed E-state index contributed by atoms with van der Waals surface area (Å²) in [5.41, 5.74) is 0. The summed E-state index contributed by atoms with van der Waals surface area (Å²) in [7, 11) is -0.737. The highest BCUT2D eigenvalue weighted by atomic mass is 31.1. The third-order valence-electron chi connectivity index (χ3n) is 0.652. The van der Waals surface area contributed by atoms with Gasteiger partial charge >= 0.3 is 8.03 Å². The number of ether oxygens (including phenoxy) is 1. The van der Waals surface area contributed by atoms with Crippen LogP contribution in [0.5, 0.6) is 0 Å². The fraction of sp³-hybridized carbons (Fsp3) is 1.00. The molecule has 2 atom stereocenters. The molecule has 42 valence electrons. The predicted molar refractivity (Wildman–Crippen MR) is 26.3 cm³/mol. The second-order valence-electron chi connectivity index (χ2n) is 1.14. The van der Waals surface area contributed by atoms with E-state index in [4.69, 9.17) is 4.89 Å². The van der Waals surface area contributed by atoms with Crippen molar-refractivity contribution in [2.75, 3.05) is 7.11 Å². The molecule has 0 aromatic carbocycles. The summed E-state index contributed by atoms with van der Waals surface area (Å²) in [6.07, 6.45) is 0. The number of methoxy groups -OCH3 is 1. The van der Waals surface area contributed by atoms with Crippen molar-refractivity contribution in [3.63, 3.8) is 0 Å². The molecule has 0 aliphatic carbocycles. The Morgan fingerprint density at radius 3 is 2.29 bits per heavy atom. The largest absolute Gasteiger partial charge is 0.537 e. The highest BCUT2D eigenvalue weighted by molar-refractivity contribution is 7.38. The van der Waals surface area contributed by atoms with Gasteiger partial charge in [0.2, 0.25) is 0 Å². The topological polar surface area (TPSA) is 46.5 Å². The first-order valence-electron chi connectivity index (χ1n) is 1.86. The highest BCUT2D eigenvalue weighted by Gasteiger charge is 2.21. The fourth-order valence-electron chi connectivity index (χ4n) is 0.0902. The number of rotatable bonds is 2. The lowest BCUT2D eigenvalue weighted by molar-refractivity contribution is 0.171. The maximum absolute atomic E-state index is 9.95. The van der Waals surface area contributed by atoms with Crippen molar-refractivity contribution in [1.29, 1.82) is 0 Å². The molecule has 0 saturated carbocycles. The zero-order valence-electron chi connectivity index (χ0n) is 4.29. The summed E-state index contributed by atoms with van der Waals surface area (Å²) < 4.78 is 14.4. The molecule has 7 heavy (non-hydrogen) atoms. The molecular weight excluding hydrogens is 115 g/mol. The van der Waals surface area contributed by atoms with Gasteiger partial charge in [-0.1, -0.05) is 0 Å². The third-order valence-corrected chi connectivity index (χ3v) is 1.49. The first-order valence-corrected chi connectivity index (χ1v) is 3.14. The Labute approximate surface area is 43.2 Å². The van der Waals surface area contributed by atoms with Crippen LogP contribution in [0.1, 0.15) is 6.92 Å². The monoisotopic (exact) mass is 123 g/mol. The summed E-state index contributed by atoms with van der Waals surface area (Å²) in [5.74, 6) is -0.532. The number of hydrogen-bond donors (Lipinski definition) is 1. The molecule has 0 aliphatic heterocycles. The summed E-state index contributed by atoms with van der Waals surface area (Å²) >= 11 is 0. The van der Waals surface area contributed by atoms with Gasteiger partial charge in [0.15, 0.2) is 0 Å². The maximum atomic E-state index is 9.95. The quantitative estimate of drug-likeness (QED) is 0.550. The number of hydrogen-bond acceptors (Lipinski definition) is 2. The van der Waals surface area contributed by atoms with Crippen molar-refractivity contribution in [3.8, 4) is 0 Å². The van der Waals surface area contributed by atoms with Crippen LogP contribution in [0, 0.1) is 0 Å². The van der Waals surface area contributed by atoms with E-state index in [9.17, 15) is 4.57 Å². The van der Waals surface area contributed by atoms with Gasteiger partial charge in [-0.15, -0.1) is 0 Å². The van der Waals surface area contributed by atoms with Crippen LogP contribution in [0.2, 0.25) is 0 Å². The lowest BCUT2D eigenvalue weighted by Gasteiger charge is -1.87. The molecule has 0 radical (unpaired) electrons. The molecule has 0 spiro atoms. The van der Waals surface area contributed by atoms with Crippen LogP contribution in [-0.4, -0.2) is 17.8 Å². The van der Waals surface area contributed by atoms with E-state index in [1.54, 1.807) is 6.92 Å². The molecule has 0 aliphatic rings. The average molecular weight is 123 g/mol. The molecule has 0 saturated heterocycles. The van der Waals surface area contributed by atoms with E-state index in [1.807, 2.05) is 0 Å². The Balaban J connectivity index is 3.34. The van der Waals surface area contributed by atoms with Crippen LogP contribution in [-0.2, 0) is 9.30 Å². The Morgan fingerprint density at radius 2 is 2.29 bits per heavy atom. The zero-order chi connectivity index (χ0) is 5.86. The summed E-state index contributed by atoms with van der Waals surface area (Å²) in [4.78, 5) is 8.21. The van der Waals surface area contributed by atoms with Crippen LogP contribution in [0.15, 0.2) is 0 Å². The minimum atomic E-state index is -2.13. The van der Waals surface area contributed by atoms with E-state index < -0.39 is 13.9 Å². The molecule has 0 aromatic rings. The average Bonchev–Trinajstić information content (AvgIpc) is 1.65. The van der Waals surface area contributed by atoms with Crippen LogP contribution in [0.3, 0.4) is 0 Å². The molecule has 0 fully saturated rings. The van der Waals surface area contributed by atoms with Gasteiger partial charge < -0.3 is 4.74 Å². The second-order valence-corrected chi connectivity index (χ2v) is 2.47. The lowest BCUT2D eigenvalue weighted by atomic mass is 10.9. The van der Waals surface area contributed by atoms with Gasteiger partial charge in [-0.25, -0.2) is 0 Å². The van der Waals surface area contributed by atoms with Gasteiger partial charge in [0.1, 0.15) is 0 Å². The summed E-state index contributed by atoms with van der Waals surface area (Å²) in [6, 6.07) is 0. The van der Waals surface area contributed by atoms with Crippen LogP contribution >= 0.6 is 8.03 Å². The van der Waals surface area contributed by atoms with Crippen molar-refractivity contribution in [2.45, 2.75) is 12.8 Å². The molecule has 1 N–H and O–H groups in total. The van der Waals surface area contributed by atoms with Crippen molar-refractivity contribution >= 4 is 8.03 Å². The van der Waals surface area contributed by atoms with Gasteiger partial charge in [0, 0.05) is 14.0 Å². The van der Waals surface area contributed by atoms with Crippen molar-refractivity contribution in [2.24, 2.45) is 0 Å². The van der Waals surface area contributed by atoms with Crippen LogP contribution in [0.4, 0.5) is 0 Å². The first kappa shape index (κ1) is 7.02. The van der Waals surface area contributed by atoms with Gasteiger partial charge in [-0.2, -0.15) is 4.89 Å². The summed E-state index contributed by atoms with van der Waals surface area (Å²) in [5, 5.41) is 0. The van der Waals surface area contributed by atoms with Crippen molar-refractivity contribution < 1.29 is 14.2 Å². The Hall–Kier alpha value is 0.0200. The van der Waals surface area contributed by atoms with E-state index in [0.29, 0.717) is 0 Å². The molecule has 0 rings (SSSR count). The van der Waals surface area contributed by atoms with E-state index in [2.05, 4.69) is 4.74 Å². The predicted octanol–water partition coefficient (Wildman–Crippen LogP) is 0.714. The molecule has 2 unspecified atom stereocenters. The SMILES string of the molecule is COC(C)[P+](=O)O. The molecule has 0 heterocycles. The summed E-state index contributed by atoms with van der Waals surface area (Å²) in [6.45, 7) is 1.54. The molecule has 0 aromatic heterocycles. The highest BCUT2D eigenvalue weighted by Crippen LogP contribution is 2.20. The van der Waals surface area contributed by atoms with Gasteiger partial charge in [-0.05, 0) is 4.57 Å². The fourth-order valence-corrected chi connectivity index (χ4v) is 0.271. The smallest absolute Gasteiger partial charge is 0.336 e. The zero-order valence-corrected chi connectivity index (χ0v) is 5.18. The molecule has 0 bridgehead atoms. The van der Waals surface area contributed by atoms with E-state index in [-0.39, 0.29) is 0 Å². The van der Waals surface area contributed by atoms with Gasteiger partial charge in [0.25, 0.3) is 5.85 Å². The van der Waals surface area contributed by atoms with Crippen molar-refractivity contribution in [3.05, 3.63) is 0 Å². The van der Waals surface area contributed by atoms with Gasteiger partial charge in [0.05, 0.1) is 0 Å². The van der Waals surface area contributed by atoms with E-state index in [0.717, 1.165) is 0 Å². The third kappa shape index (κ3) is 2.68. The normalized spacial score (nSPS) is 16.1. The molecule has 4 heteroatoms. The standard InChI is InChI=1S/C3H7O3P/c1-3(6-2)7(4)5/h3H,1-2H3/p+1. The lowest BCUT2D eigenvalue weighted by Crippen LogP contribution is -1.95. The Morgan fingerprint density at radius 1 is 1.86 bits per heavy atom. The van der Waals surface area contributed by atoms with Crippen LogP contribution < -0.4 is 0 Å². The van der Waals surface area contributed by atoms with Gasteiger partial charge in [-0.3, -0.25) is 0 Å². The van der Waals surface area contributed by atoms with E-state index >= 15 is 0 Å².